The predicted molar refractivity (Wildman–Crippen MR) is 90.6 cm³/mol. The van der Waals surface area contributed by atoms with Crippen LogP contribution in [0.1, 0.15) is 35.7 Å². The van der Waals surface area contributed by atoms with E-state index in [0.29, 0.717) is 28.6 Å². The number of benzene rings is 1. The van der Waals surface area contributed by atoms with Gasteiger partial charge in [-0.2, -0.15) is 0 Å². The van der Waals surface area contributed by atoms with E-state index >= 15 is 0 Å². The van der Waals surface area contributed by atoms with Crippen LogP contribution >= 0.6 is 23.2 Å². The fourth-order valence-corrected chi connectivity index (χ4v) is 2.38. The van der Waals surface area contributed by atoms with Crippen molar-refractivity contribution in [2.75, 3.05) is 5.32 Å². The number of halogens is 2. The second-order valence-electron chi connectivity index (χ2n) is 5.05. The Morgan fingerprint density at radius 2 is 2.08 bits per heavy atom. The van der Waals surface area contributed by atoms with Crippen molar-refractivity contribution >= 4 is 40.8 Å². The third kappa shape index (κ3) is 3.88. The van der Waals surface area contributed by atoms with E-state index in [1.165, 1.54) is 6.92 Å². The highest BCUT2D eigenvalue weighted by Crippen LogP contribution is 2.29. The molecule has 24 heavy (non-hydrogen) atoms. The second kappa shape index (κ2) is 7.68. The first-order chi connectivity index (χ1) is 11.3. The lowest BCUT2D eigenvalue weighted by Gasteiger charge is -2.14. The number of nitrogens with zero attached hydrogens (tertiary/aromatic N) is 1. The first-order valence-electron chi connectivity index (χ1n) is 7.26. The minimum Gasteiger partial charge on any atom is -0.449 e. The van der Waals surface area contributed by atoms with Gasteiger partial charge in [-0.1, -0.05) is 41.3 Å². The van der Waals surface area contributed by atoms with Crippen LogP contribution in [0.15, 0.2) is 22.7 Å². The summed E-state index contributed by atoms with van der Waals surface area (Å²) in [7, 11) is 0. The van der Waals surface area contributed by atoms with Crippen molar-refractivity contribution in [3.63, 3.8) is 0 Å². The van der Waals surface area contributed by atoms with E-state index in [-0.39, 0.29) is 10.6 Å². The smallest absolute Gasteiger partial charge is 0.344 e. The van der Waals surface area contributed by atoms with E-state index in [2.05, 4.69) is 10.5 Å². The molecule has 0 unspecified atom stereocenters. The highest BCUT2D eigenvalue weighted by Gasteiger charge is 2.25. The van der Waals surface area contributed by atoms with E-state index in [1.807, 2.05) is 6.92 Å². The maximum absolute atomic E-state index is 12.2. The monoisotopic (exact) mass is 370 g/mol. The van der Waals surface area contributed by atoms with Gasteiger partial charge >= 0.3 is 5.97 Å². The highest BCUT2D eigenvalue weighted by atomic mass is 35.5. The number of ether oxygens (including phenoxy) is 1. The Balaban J connectivity index is 2.07. The molecule has 1 aromatic heterocycles. The second-order valence-corrected chi connectivity index (χ2v) is 5.84. The van der Waals surface area contributed by atoms with Crippen LogP contribution in [0.4, 0.5) is 5.69 Å². The molecule has 0 aliphatic rings. The molecule has 0 aliphatic carbocycles. The summed E-state index contributed by atoms with van der Waals surface area (Å²) >= 11 is 11.9. The number of carbonyl (C=O) groups excluding carboxylic acids is 2. The van der Waals surface area contributed by atoms with Crippen LogP contribution in [-0.4, -0.2) is 23.1 Å². The number of esters is 1. The largest absolute Gasteiger partial charge is 0.449 e. The zero-order valence-corrected chi connectivity index (χ0v) is 14.9. The summed E-state index contributed by atoms with van der Waals surface area (Å²) in [4.78, 5) is 24.4. The number of carbonyl (C=O) groups is 2. The van der Waals surface area contributed by atoms with E-state index in [0.717, 1.165) is 0 Å². The number of hydrogen-bond donors (Lipinski definition) is 1. The van der Waals surface area contributed by atoms with Gasteiger partial charge < -0.3 is 14.6 Å². The van der Waals surface area contributed by atoms with Crippen LogP contribution in [0, 0.1) is 6.92 Å². The third-order valence-corrected chi connectivity index (χ3v) is 4.15. The molecule has 6 nitrogen and oxygen atoms in total. The zero-order valence-electron chi connectivity index (χ0n) is 13.4. The van der Waals surface area contributed by atoms with Crippen molar-refractivity contribution in [2.24, 2.45) is 0 Å². The van der Waals surface area contributed by atoms with Crippen molar-refractivity contribution in [1.82, 2.24) is 5.16 Å². The van der Waals surface area contributed by atoms with Crippen LogP contribution in [0.25, 0.3) is 0 Å². The minimum absolute atomic E-state index is 0.217. The molecule has 0 saturated heterocycles. The van der Waals surface area contributed by atoms with Crippen molar-refractivity contribution in [3.05, 3.63) is 45.3 Å². The molecule has 1 atom stereocenters. The summed E-state index contributed by atoms with van der Waals surface area (Å²) in [6.45, 7) is 4.91. The number of anilines is 1. The summed E-state index contributed by atoms with van der Waals surface area (Å²) < 4.78 is 10.2. The topological polar surface area (TPSA) is 81.4 Å². The molecular weight excluding hydrogens is 355 g/mol. The molecule has 0 radical (unpaired) electrons. The molecule has 0 bridgehead atoms. The van der Waals surface area contributed by atoms with Crippen molar-refractivity contribution in [3.8, 4) is 0 Å². The van der Waals surface area contributed by atoms with Gasteiger partial charge in [0.05, 0.1) is 21.4 Å². The maximum Gasteiger partial charge on any atom is 0.344 e. The Morgan fingerprint density at radius 3 is 2.75 bits per heavy atom. The van der Waals surface area contributed by atoms with E-state index in [4.69, 9.17) is 32.5 Å². The Bertz CT molecular complexity index is 773. The highest BCUT2D eigenvalue weighted by molar-refractivity contribution is 6.44. The molecule has 1 aromatic carbocycles. The number of aryl methyl sites for hydroxylation is 2. The van der Waals surface area contributed by atoms with Crippen molar-refractivity contribution in [1.29, 1.82) is 0 Å². The number of hydrogen-bond acceptors (Lipinski definition) is 5. The molecule has 1 N–H and O–H groups in total. The normalized spacial score (nSPS) is 11.9. The van der Waals surface area contributed by atoms with Gasteiger partial charge in [-0.05, 0) is 32.4 Å². The van der Waals surface area contributed by atoms with E-state index in [1.54, 1.807) is 25.1 Å². The molecule has 0 spiro atoms. The first-order valence-corrected chi connectivity index (χ1v) is 8.01. The average molecular weight is 371 g/mol. The van der Waals surface area contributed by atoms with Crippen molar-refractivity contribution in [2.45, 2.75) is 33.3 Å². The van der Waals surface area contributed by atoms with Crippen LogP contribution < -0.4 is 5.32 Å². The standard InChI is InChI=1S/C16H16Cl2N2O4/c1-4-11-13(8(2)24-20-11)16(22)23-9(3)15(21)19-12-7-5-6-10(17)14(12)18/h5-7,9H,4H2,1-3H3,(H,19,21)/t9-/m0/s1. The van der Waals surface area contributed by atoms with Gasteiger partial charge in [-0.3, -0.25) is 4.79 Å². The number of rotatable bonds is 5. The minimum atomic E-state index is -1.04. The quantitative estimate of drug-likeness (QED) is 0.803. The van der Waals surface area contributed by atoms with Crippen LogP contribution in [0.5, 0.6) is 0 Å². The van der Waals surface area contributed by atoms with Crippen LogP contribution in [0.2, 0.25) is 10.0 Å². The molecule has 1 heterocycles. The summed E-state index contributed by atoms with van der Waals surface area (Å²) in [5.74, 6) is -0.840. The van der Waals surface area contributed by atoms with Crippen LogP contribution in [-0.2, 0) is 16.0 Å². The lowest BCUT2D eigenvalue weighted by molar-refractivity contribution is -0.123. The Hall–Kier alpha value is -2.05. The molecule has 1 amide bonds. The summed E-state index contributed by atoms with van der Waals surface area (Å²) in [6, 6.07) is 4.85. The molecule has 0 saturated carbocycles. The van der Waals surface area contributed by atoms with E-state index < -0.39 is 18.0 Å². The van der Waals surface area contributed by atoms with Crippen LogP contribution in [0.3, 0.4) is 0 Å². The zero-order chi connectivity index (χ0) is 17.9. The lowest BCUT2D eigenvalue weighted by atomic mass is 10.1. The number of amides is 1. The fourth-order valence-electron chi connectivity index (χ4n) is 2.03. The van der Waals surface area contributed by atoms with Crippen molar-refractivity contribution < 1.29 is 18.8 Å². The van der Waals surface area contributed by atoms with E-state index in [9.17, 15) is 9.59 Å². The molecule has 2 aromatic rings. The van der Waals surface area contributed by atoms with Gasteiger partial charge in [0.1, 0.15) is 11.3 Å². The molecule has 0 fully saturated rings. The Kier molecular flexibility index (Phi) is 5.85. The molecule has 0 aliphatic heterocycles. The van der Waals surface area contributed by atoms with Gasteiger partial charge in [-0.15, -0.1) is 0 Å². The molecule has 8 heteroatoms. The Labute approximate surface area is 149 Å². The first kappa shape index (κ1) is 18.3. The molecule has 128 valence electrons. The summed E-state index contributed by atoms with van der Waals surface area (Å²) in [5.41, 5.74) is 1.08. The SMILES string of the molecule is CCc1noc(C)c1C(=O)O[C@@H](C)C(=O)Nc1cccc(Cl)c1Cl. The van der Waals surface area contributed by atoms with Gasteiger partial charge in [-0.25, -0.2) is 4.79 Å². The lowest BCUT2D eigenvalue weighted by Crippen LogP contribution is -2.30. The predicted octanol–water partition coefficient (Wildman–Crippen LogP) is 4.04. The molecule has 2 rings (SSSR count). The summed E-state index contributed by atoms with van der Waals surface area (Å²) in [6.07, 6.45) is -0.521. The Morgan fingerprint density at radius 1 is 1.38 bits per heavy atom. The number of nitrogens with one attached hydrogen (secondary N) is 1. The third-order valence-electron chi connectivity index (χ3n) is 3.33. The average Bonchev–Trinajstić information content (AvgIpc) is 2.92. The number of aromatic nitrogens is 1. The van der Waals surface area contributed by atoms with Gasteiger partial charge in [0.2, 0.25) is 0 Å². The fraction of sp³-hybridized carbons (Fsp3) is 0.312. The molecular formula is C16H16Cl2N2O4. The maximum atomic E-state index is 12.2. The van der Waals surface area contributed by atoms with Gasteiger partial charge in [0.25, 0.3) is 5.91 Å². The van der Waals surface area contributed by atoms with Gasteiger partial charge in [0.15, 0.2) is 6.10 Å². The summed E-state index contributed by atoms with van der Waals surface area (Å²) in [5, 5.41) is 6.89. The van der Waals surface area contributed by atoms with Gasteiger partial charge in [0, 0.05) is 0 Å².